The van der Waals surface area contributed by atoms with Crippen LogP contribution in [0.3, 0.4) is 0 Å². The molecule has 1 amide bonds. The lowest BCUT2D eigenvalue weighted by molar-refractivity contribution is 0.0520. The summed E-state index contributed by atoms with van der Waals surface area (Å²) in [5.74, 6) is -0.411. The molecule has 32 heavy (non-hydrogen) atoms. The van der Waals surface area contributed by atoms with Crippen molar-refractivity contribution in [3.63, 3.8) is 0 Å². The lowest BCUT2D eigenvalue weighted by Gasteiger charge is -2.45. The molecule has 0 aliphatic heterocycles. The van der Waals surface area contributed by atoms with Crippen molar-refractivity contribution in [2.45, 2.75) is 65.3 Å². The summed E-state index contributed by atoms with van der Waals surface area (Å²) in [6.07, 6.45) is 7.53. The molecule has 1 aliphatic rings. The van der Waals surface area contributed by atoms with Gasteiger partial charge in [-0.25, -0.2) is 14.6 Å². The van der Waals surface area contributed by atoms with Gasteiger partial charge < -0.3 is 19.4 Å². The number of imidazole rings is 1. The quantitative estimate of drug-likeness (QED) is 0.529. The van der Waals surface area contributed by atoms with Gasteiger partial charge in [-0.2, -0.15) is 0 Å². The summed E-state index contributed by atoms with van der Waals surface area (Å²) in [6.45, 7) is 6.95. The molecule has 1 heterocycles. The molecule has 0 spiro atoms. The second-order valence-corrected chi connectivity index (χ2v) is 8.38. The molecule has 7 nitrogen and oxygen atoms in total. The molecule has 0 saturated heterocycles. The van der Waals surface area contributed by atoms with Crippen molar-refractivity contribution in [3.8, 4) is 11.3 Å². The average molecular weight is 442 g/mol. The zero-order chi connectivity index (χ0) is 23.0. The minimum absolute atomic E-state index is 0.101. The van der Waals surface area contributed by atoms with Crippen LogP contribution in [0, 0.1) is 5.41 Å². The normalized spacial score (nSPS) is 20.5. The Labute approximate surface area is 190 Å². The van der Waals surface area contributed by atoms with E-state index in [1.807, 2.05) is 30.3 Å². The fraction of sp³-hybridized carbons (Fsp3) is 0.560. The molecule has 1 saturated carbocycles. The van der Waals surface area contributed by atoms with Gasteiger partial charge in [-0.3, -0.25) is 0 Å². The lowest BCUT2D eigenvalue weighted by atomic mass is 9.67. The fourth-order valence-corrected chi connectivity index (χ4v) is 5.06. The van der Waals surface area contributed by atoms with Crippen LogP contribution >= 0.6 is 0 Å². The monoisotopic (exact) mass is 441 g/mol. The maximum atomic E-state index is 12.7. The van der Waals surface area contributed by atoms with Crippen LogP contribution in [0.1, 0.15) is 75.8 Å². The first-order valence-electron chi connectivity index (χ1n) is 11.8. The second kappa shape index (κ2) is 11.2. The zero-order valence-electron chi connectivity index (χ0n) is 19.4. The number of nitrogens with one attached hydrogen (secondary N) is 1. The van der Waals surface area contributed by atoms with Gasteiger partial charge in [0, 0.05) is 23.6 Å². The van der Waals surface area contributed by atoms with E-state index >= 15 is 0 Å². The summed E-state index contributed by atoms with van der Waals surface area (Å²) in [6, 6.07) is 9.98. The van der Waals surface area contributed by atoms with Gasteiger partial charge in [-0.15, -0.1) is 0 Å². The number of esters is 1. The number of carbonyl (C=O) groups excluding carboxylic acids is 2. The van der Waals surface area contributed by atoms with Crippen LogP contribution in [0.5, 0.6) is 0 Å². The number of alkyl carbamates (subject to hydrolysis) is 1. The Morgan fingerprint density at radius 1 is 1.12 bits per heavy atom. The first-order valence-corrected chi connectivity index (χ1v) is 11.8. The summed E-state index contributed by atoms with van der Waals surface area (Å²) < 4.78 is 12.6. The summed E-state index contributed by atoms with van der Waals surface area (Å²) in [7, 11) is 0. The summed E-state index contributed by atoms with van der Waals surface area (Å²) in [5.41, 5.74) is 1.91. The minimum atomic E-state index is -0.411. The van der Waals surface area contributed by atoms with Gasteiger partial charge >= 0.3 is 12.1 Å². The van der Waals surface area contributed by atoms with Crippen LogP contribution in [0.25, 0.3) is 11.3 Å². The highest BCUT2D eigenvalue weighted by molar-refractivity contribution is 5.94. The van der Waals surface area contributed by atoms with Crippen LogP contribution in [-0.2, 0) is 9.47 Å². The highest BCUT2D eigenvalue weighted by Gasteiger charge is 2.43. The maximum Gasteiger partial charge on any atom is 0.407 e. The van der Waals surface area contributed by atoms with Crippen LogP contribution in [-0.4, -0.2) is 41.4 Å². The SMILES string of the molecule is CCCC1(CNC(=O)OCC)CCCCC1n1cnc(C(=O)OCC)c1-c1ccccc1. The number of hydrogen-bond donors (Lipinski definition) is 1. The van der Waals surface area contributed by atoms with Crippen molar-refractivity contribution in [2.75, 3.05) is 19.8 Å². The third-order valence-corrected chi connectivity index (χ3v) is 6.36. The molecule has 0 bridgehead atoms. The molecule has 2 atom stereocenters. The smallest absolute Gasteiger partial charge is 0.407 e. The lowest BCUT2D eigenvalue weighted by Crippen LogP contribution is -2.45. The Hall–Kier alpha value is -2.83. The molecule has 2 unspecified atom stereocenters. The number of benzene rings is 1. The number of hydrogen-bond acceptors (Lipinski definition) is 5. The third-order valence-electron chi connectivity index (χ3n) is 6.36. The zero-order valence-corrected chi connectivity index (χ0v) is 19.4. The van der Waals surface area contributed by atoms with Crippen molar-refractivity contribution in [1.29, 1.82) is 0 Å². The van der Waals surface area contributed by atoms with Crippen LogP contribution in [0.2, 0.25) is 0 Å². The second-order valence-electron chi connectivity index (χ2n) is 8.38. The molecular formula is C25H35N3O4. The highest BCUT2D eigenvalue weighted by Crippen LogP contribution is 2.49. The summed E-state index contributed by atoms with van der Waals surface area (Å²) >= 11 is 0. The molecule has 1 N–H and O–H groups in total. The Kier molecular flexibility index (Phi) is 8.31. The predicted octanol–water partition coefficient (Wildman–Crippen LogP) is 5.37. The van der Waals surface area contributed by atoms with Gasteiger partial charge in [0.1, 0.15) is 0 Å². The topological polar surface area (TPSA) is 82.5 Å². The molecule has 2 aromatic rings. The standard InChI is InChI=1S/C25H35N3O4/c1-4-15-25(17-26-24(30)32-6-3)16-11-10-14-20(25)28-18-27-21(23(29)31-5-2)22(28)19-12-8-7-9-13-19/h7-9,12-13,18,20H,4-6,10-11,14-17H2,1-3H3,(H,26,30). The minimum Gasteiger partial charge on any atom is -0.461 e. The molecular weight excluding hydrogens is 406 g/mol. The molecule has 0 radical (unpaired) electrons. The first-order chi connectivity index (χ1) is 15.6. The van der Waals surface area contributed by atoms with Crippen molar-refractivity contribution >= 4 is 12.1 Å². The molecule has 1 aromatic heterocycles. The molecule has 3 rings (SSSR count). The first kappa shape index (κ1) is 23.8. The van der Waals surface area contributed by atoms with Crippen LogP contribution in [0.4, 0.5) is 4.79 Å². The summed E-state index contributed by atoms with van der Waals surface area (Å²) in [4.78, 5) is 29.4. The van der Waals surface area contributed by atoms with Crippen LogP contribution in [0.15, 0.2) is 36.7 Å². The van der Waals surface area contributed by atoms with Gasteiger partial charge in [0.05, 0.1) is 25.2 Å². The van der Waals surface area contributed by atoms with Gasteiger partial charge in [-0.1, -0.05) is 56.5 Å². The number of carbonyl (C=O) groups is 2. The Balaban J connectivity index is 2.06. The van der Waals surface area contributed by atoms with E-state index in [-0.39, 0.29) is 17.6 Å². The summed E-state index contributed by atoms with van der Waals surface area (Å²) in [5, 5.41) is 3.00. The van der Waals surface area contributed by atoms with E-state index in [0.717, 1.165) is 49.8 Å². The Morgan fingerprint density at radius 3 is 2.56 bits per heavy atom. The Bertz CT molecular complexity index is 892. The largest absolute Gasteiger partial charge is 0.461 e. The van der Waals surface area contributed by atoms with Crippen molar-refractivity contribution < 1.29 is 19.1 Å². The highest BCUT2D eigenvalue weighted by atomic mass is 16.5. The van der Waals surface area contributed by atoms with Gasteiger partial charge in [-0.05, 0) is 33.1 Å². The van der Waals surface area contributed by atoms with E-state index in [2.05, 4.69) is 21.8 Å². The van der Waals surface area contributed by atoms with Crippen molar-refractivity contribution in [1.82, 2.24) is 14.9 Å². The fourth-order valence-electron chi connectivity index (χ4n) is 5.06. The van der Waals surface area contributed by atoms with Crippen molar-refractivity contribution in [3.05, 3.63) is 42.4 Å². The number of nitrogens with zero attached hydrogens (tertiary/aromatic N) is 2. The number of ether oxygens (including phenoxy) is 2. The average Bonchev–Trinajstić information content (AvgIpc) is 3.24. The van der Waals surface area contributed by atoms with E-state index in [1.54, 1.807) is 20.2 Å². The molecule has 1 fully saturated rings. The molecule has 1 aromatic carbocycles. The third kappa shape index (κ3) is 5.14. The van der Waals surface area contributed by atoms with E-state index in [9.17, 15) is 9.59 Å². The molecule has 174 valence electrons. The predicted molar refractivity (Wildman–Crippen MR) is 123 cm³/mol. The number of rotatable bonds is 9. The van der Waals surface area contributed by atoms with E-state index < -0.39 is 5.97 Å². The van der Waals surface area contributed by atoms with Gasteiger partial charge in [0.15, 0.2) is 5.69 Å². The van der Waals surface area contributed by atoms with E-state index in [4.69, 9.17) is 9.47 Å². The maximum absolute atomic E-state index is 12.7. The van der Waals surface area contributed by atoms with Gasteiger partial charge in [0.25, 0.3) is 0 Å². The number of aromatic nitrogens is 2. The van der Waals surface area contributed by atoms with Gasteiger partial charge in [0.2, 0.25) is 0 Å². The van der Waals surface area contributed by atoms with E-state index in [0.29, 0.717) is 25.5 Å². The van der Waals surface area contributed by atoms with Crippen molar-refractivity contribution in [2.24, 2.45) is 5.41 Å². The Morgan fingerprint density at radius 2 is 1.88 bits per heavy atom. The molecule has 1 aliphatic carbocycles. The number of amides is 1. The molecule has 7 heteroatoms. The van der Waals surface area contributed by atoms with Crippen LogP contribution < -0.4 is 5.32 Å². The van der Waals surface area contributed by atoms with E-state index in [1.165, 1.54) is 0 Å².